The summed E-state index contributed by atoms with van der Waals surface area (Å²) in [5, 5.41) is 7.32. The smallest absolute Gasteiger partial charge is 0.166 e. The van der Waals surface area contributed by atoms with E-state index in [0.29, 0.717) is 6.04 Å². The van der Waals surface area contributed by atoms with Crippen LogP contribution in [-0.2, 0) is 0 Å². The first-order chi connectivity index (χ1) is 7.61. The van der Waals surface area contributed by atoms with Crippen LogP contribution in [0.2, 0.25) is 0 Å². The monoisotopic (exact) mass is 243 g/mol. The lowest BCUT2D eigenvalue weighted by molar-refractivity contribution is 0.308. The standard InChI is InChI=1S/C12H25N3S/c1-4-13-12(16)14-11-6-8-15(9-11)7-5-10(2)3/h10-11H,4-9H2,1-3H3,(H2,13,14,16)/t11-/m0/s1. The molecule has 4 heteroatoms. The van der Waals surface area contributed by atoms with Gasteiger partial charge in [0, 0.05) is 25.7 Å². The molecule has 0 aromatic heterocycles. The van der Waals surface area contributed by atoms with E-state index in [4.69, 9.17) is 12.2 Å². The maximum absolute atomic E-state index is 5.19. The van der Waals surface area contributed by atoms with Gasteiger partial charge in [0.1, 0.15) is 0 Å². The molecule has 2 N–H and O–H groups in total. The fourth-order valence-corrected chi connectivity index (χ4v) is 2.30. The number of nitrogens with zero attached hydrogens (tertiary/aromatic N) is 1. The van der Waals surface area contributed by atoms with E-state index in [2.05, 4.69) is 36.3 Å². The van der Waals surface area contributed by atoms with E-state index in [9.17, 15) is 0 Å². The summed E-state index contributed by atoms with van der Waals surface area (Å²) >= 11 is 5.19. The van der Waals surface area contributed by atoms with Crippen molar-refractivity contribution in [2.45, 2.75) is 39.7 Å². The molecule has 94 valence electrons. The molecule has 1 aliphatic heterocycles. The lowest BCUT2D eigenvalue weighted by atomic mass is 10.1. The third-order valence-electron chi connectivity index (χ3n) is 2.97. The van der Waals surface area contributed by atoms with E-state index in [1.165, 1.54) is 25.9 Å². The van der Waals surface area contributed by atoms with Crippen molar-refractivity contribution in [2.75, 3.05) is 26.2 Å². The minimum absolute atomic E-state index is 0.540. The second kappa shape index (κ2) is 7.07. The Labute approximate surface area is 105 Å². The van der Waals surface area contributed by atoms with Gasteiger partial charge in [-0.15, -0.1) is 0 Å². The molecular weight excluding hydrogens is 218 g/mol. The molecule has 0 amide bonds. The number of likely N-dealkylation sites (tertiary alicyclic amines) is 1. The van der Waals surface area contributed by atoms with Crippen LogP contribution in [0.5, 0.6) is 0 Å². The third-order valence-corrected chi connectivity index (χ3v) is 3.23. The lowest BCUT2D eigenvalue weighted by Crippen LogP contribution is -2.43. The Hall–Kier alpha value is -0.350. The van der Waals surface area contributed by atoms with Crippen LogP contribution >= 0.6 is 12.2 Å². The Morgan fingerprint density at radius 1 is 1.50 bits per heavy atom. The van der Waals surface area contributed by atoms with Gasteiger partial charge in [-0.2, -0.15) is 0 Å². The summed E-state index contributed by atoms with van der Waals surface area (Å²) in [5.41, 5.74) is 0. The lowest BCUT2D eigenvalue weighted by Gasteiger charge is -2.18. The average molecular weight is 243 g/mol. The maximum atomic E-state index is 5.19. The zero-order valence-corrected chi connectivity index (χ0v) is 11.6. The first-order valence-electron chi connectivity index (χ1n) is 6.38. The number of nitrogens with one attached hydrogen (secondary N) is 2. The van der Waals surface area contributed by atoms with Gasteiger partial charge in [-0.1, -0.05) is 13.8 Å². The molecule has 16 heavy (non-hydrogen) atoms. The van der Waals surface area contributed by atoms with Crippen LogP contribution < -0.4 is 10.6 Å². The van der Waals surface area contributed by atoms with Gasteiger partial charge in [0.05, 0.1) is 0 Å². The zero-order valence-electron chi connectivity index (χ0n) is 10.8. The Kier molecular flexibility index (Phi) is 6.06. The van der Waals surface area contributed by atoms with Gasteiger partial charge in [0.25, 0.3) is 0 Å². The second-order valence-corrected chi connectivity index (χ2v) is 5.38. The summed E-state index contributed by atoms with van der Waals surface area (Å²) in [6.45, 7) is 11.1. The first-order valence-corrected chi connectivity index (χ1v) is 6.79. The van der Waals surface area contributed by atoms with Crippen LogP contribution in [0.1, 0.15) is 33.6 Å². The summed E-state index contributed by atoms with van der Waals surface area (Å²) in [4.78, 5) is 2.53. The number of thiocarbonyl (C=S) groups is 1. The Morgan fingerprint density at radius 3 is 2.88 bits per heavy atom. The van der Waals surface area contributed by atoms with Gasteiger partial charge in [-0.25, -0.2) is 0 Å². The topological polar surface area (TPSA) is 27.3 Å². The highest BCUT2D eigenvalue weighted by atomic mass is 32.1. The number of hydrogen-bond acceptors (Lipinski definition) is 2. The van der Waals surface area contributed by atoms with E-state index >= 15 is 0 Å². The SMILES string of the molecule is CCNC(=S)N[C@H]1CCN(CCC(C)C)C1. The first kappa shape index (κ1) is 13.7. The molecule has 0 unspecified atom stereocenters. The fraction of sp³-hybridized carbons (Fsp3) is 0.917. The van der Waals surface area contributed by atoms with Gasteiger partial charge in [0.2, 0.25) is 0 Å². The quantitative estimate of drug-likeness (QED) is 0.717. The van der Waals surface area contributed by atoms with Crippen LogP contribution in [-0.4, -0.2) is 42.2 Å². The molecule has 1 atom stereocenters. The summed E-state index contributed by atoms with van der Waals surface area (Å²) in [7, 11) is 0. The fourth-order valence-electron chi connectivity index (χ4n) is 1.99. The molecule has 0 bridgehead atoms. The average Bonchev–Trinajstić information content (AvgIpc) is 2.63. The molecule has 1 rings (SSSR count). The summed E-state index contributed by atoms with van der Waals surface area (Å²) in [6.07, 6.45) is 2.51. The van der Waals surface area contributed by atoms with Crippen molar-refractivity contribution in [2.24, 2.45) is 5.92 Å². The van der Waals surface area contributed by atoms with E-state index in [-0.39, 0.29) is 0 Å². The van der Waals surface area contributed by atoms with E-state index < -0.39 is 0 Å². The van der Waals surface area contributed by atoms with Gasteiger partial charge in [-0.3, -0.25) is 0 Å². The van der Waals surface area contributed by atoms with Crippen molar-refractivity contribution >= 4 is 17.3 Å². The summed E-state index contributed by atoms with van der Waals surface area (Å²) in [6, 6.07) is 0.540. The normalized spacial score (nSPS) is 21.4. The molecule has 0 aliphatic carbocycles. The third kappa shape index (κ3) is 5.12. The highest BCUT2D eigenvalue weighted by molar-refractivity contribution is 7.80. The van der Waals surface area contributed by atoms with E-state index in [0.717, 1.165) is 24.1 Å². The molecule has 0 spiro atoms. The van der Waals surface area contributed by atoms with Crippen molar-refractivity contribution in [3.05, 3.63) is 0 Å². The van der Waals surface area contributed by atoms with Crippen LogP contribution in [0.25, 0.3) is 0 Å². The maximum Gasteiger partial charge on any atom is 0.166 e. The molecule has 0 radical (unpaired) electrons. The van der Waals surface area contributed by atoms with Gasteiger partial charge >= 0.3 is 0 Å². The predicted octanol–water partition coefficient (Wildman–Crippen LogP) is 1.59. The van der Waals surface area contributed by atoms with Crippen LogP contribution in [0.15, 0.2) is 0 Å². The second-order valence-electron chi connectivity index (χ2n) is 4.97. The minimum Gasteiger partial charge on any atom is -0.363 e. The Balaban J connectivity index is 2.17. The van der Waals surface area contributed by atoms with Crippen molar-refractivity contribution in [1.82, 2.24) is 15.5 Å². The van der Waals surface area contributed by atoms with Gasteiger partial charge in [0.15, 0.2) is 5.11 Å². The Morgan fingerprint density at radius 2 is 2.25 bits per heavy atom. The van der Waals surface area contributed by atoms with E-state index in [1.54, 1.807) is 0 Å². The Bertz CT molecular complexity index is 218. The van der Waals surface area contributed by atoms with E-state index in [1.807, 2.05) is 0 Å². The van der Waals surface area contributed by atoms with Crippen molar-refractivity contribution in [3.8, 4) is 0 Å². The zero-order chi connectivity index (χ0) is 12.0. The summed E-state index contributed by atoms with van der Waals surface area (Å²) < 4.78 is 0. The minimum atomic E-state index is 0.540. The molecular formula is C12H25N3S. The number of hydrogen-bond donors (Lipinski definition) is 2. The molecule has 1 heterocycles. The molecule has 3 nitrogen and oxygen atoms in total. The number of rotatable bonds is 5. The molecule has 0 aromatic rings. The van der Waals surface area contributed by atoms with Crippen LogP contribution in [0.4, 0.5) is 0 Å². The molecule has 1 saturated heterocycles. The summed E-state index contributed by atoms with van der Waals surface area (Å²) in [5.74, 6) is 0.801. The molecule has 1 fully saturated rings. The highest BCUT2D eigenvalue weighted by Crippen LogP contribution is 2.11. The largest absolute Gasteiger partial charge is 0.363 e. The molecule has 0 saturated carbocycles. The molecule has 0 aromatic carbocycles. The van der Waals surface area contributed by atoms with Crippen LogP contribution in [0, 0.1) is 5.92 Å². The van der Waals surface area contributed by atoms with Gasteiger partial charge < -0.3 is 15.5 Å². The van der Waals surface area contributed by atoms with Crippen molar-refractivity contribution in [3.63, 3.8) is 0 Å². The predicted molar refractivity (Wildman–Crippen MR) is 73.7 cm³/mol. The highest BCUT2D eigenvalue weighted by Gasteiger charge is 2.22. The van der Waals surface area contributed by atoms with Crippen LogP contribution in [0.3, 0.4) is 0 Å². The molecule has 1 aliphatic rings. The van der Waals surface area contributed by atoms with Crippen molar-refractivity contribution < 1.29 is 0 Å². The van der Waals surface area contributed by atoms with Gasteiger partial charge in [-0.05, 0) is 44.4 Å². The van der Waals surface area contributed by atoms with Crippen molar-refractivity contribution in [1.29, 1.82) is 0 Å².